The summed E-state index contributed by atoms with van der Waals surface area (Å²) in [6.45, 7) is 5.19. The van der Waals surface area contributed by atoms with Crippen LogP contribution in [0.1, 0.15) is 12.5 Å². The number of amides is 2. The van der Waals surface area contributed by atoms with Crippen LogP contribution < -0.4 is 15.4 Å². The first-order valence-electron chi connectivity index (χ1n) is 8.28. The van der Waals surface area contributed by atoms with Crippen molar-refractivity contribution in [2.24, 2.45) is 0 Å². The number of nitro groups is 1. The number of hydrogen-bond donors (Lipinski definition) is 2. The molecule has 0 saturated carbocycles. The minimum absolute atomic E-state index is 0.0417. The van der Waals surface area contributed by atoms with E-state index in [1.165, 1.54) is 31.2 Å². The Bertz CT molecular complexity index is 920. The van der Waals surface area contributed by atoms with Gasteiger partial charge in [0.1, 0.15) is 18.1 Å². The normalized spacial score (nSPS) is 10.7. The van der Waals surface area contributed by atoms with Crippen LogP contribution in [0.15, 0.2) is 66.9 Å². The van der Waals surface area contributed by atoms with Crippen LogP contribution in [-0.2, 0) is 9.59 Å². The summed E-state index contributed by atoms with van der Waals surface area (Å²) >= 11 is 0. The summed E-state index contributed by atoms with van der Waals surface area (Å²) < 4.78 is 5.37. The van der Waals surface area contributed by atoms with E-state index in [-0.39, 0.29) is 11.4 Å². The van der Waals surface area contributed by atoms with Gasteiger partial charge in [-0.15, -0.1) is 0 Å². The van der Waals surface area contributed by atoms with Crippen molar-refractivity contribution in [3.63, 3.8) is 0 Å². The Kier molecular flexibility index (Phi) is 7.04. The second-order valence-electron chi connectivity index (χ2n) is 5.67. The molecule has 0 fully saturated rings. The summed E-state index contributed by atoms with van der Waals surface area (Å²) in [4.78, 5) is 34.4. The van der Waals surface area contributed by atoms with E-state index in [9.17, 15) is 19.7 Å². The van der Waals surface area contributed by atoms with Gasteiger partial charge in [0.2, 0.25) is 5.91 Å². The van der Waals surface area contributed by atoms with Crippen molar-refractivity contribution in [1.82, 2.24) is 5.32 Å². The van der Waals surface area contributed by atoms with Crippen molar-refractivity contribution < 1.29 is 19.2 Å². The molecule has 2 amide bonds. The molecule has 2 aromatic rings. The Morgan fingerprint density at radius 3 is 2.54 bits per heavy atom. The van der Waals surface area contributed by atoms with Gasteiger partial charge in [-0.1, -0.05) is 24.8 Å². The highest BCUT2D eigenvalue weighted by Crippen LogP contribution is 2.18. The average molecular weight is 381 g/mol. The number of nitrogens with one attached hydrogen (secondary N) is 2. The van der Waals surface area contributed by atoms with Gasteiger partial charge >= 0.3 is 0 Å². The standard InChI is InChI=1S/C20H19N3O5/c1-3-11-28-18-9-7-16(8-10-18)22-20(25)19(21-14(2)24)13-15-5-4-6-17(12-15)23(26)27/h3-10,12-13H,1,11H2,2H3,(H,21,24)(H,22,25). The van der Waals surface area contributed by atoms with E-state index in [1.807, 2.05) is 0 Å². The molecule has 0 atom stereocenters. The van der Waals surface area contributed by atoms with Gasteiger partial charge < -0.3 is 15.4 Å². The Morgan fingerprint density at radius 2 is 1.93 bits per heavy atom. The van der Waals surface area contributed by atoms with Crippen LogP contribution in [0.4, 0.5) is 11.4 Å². The third-order valence-electron chi connectivity index (χ3n) is 3.43. The zero-order chi connectivity index (χ0) is 20.5. The second kappa shape index (κ2) is 9.67. The number of ether oxygens (including phenoxy) is 1. The van der Waals surface area contributed by atoms with E-state index >= 15 is 0 Å². The van der Waals surface area contributed by atoms with Crippen LogP contribution in [0.25, 0.3) is 6.08 Å². The number of hydrogen-bond acceptors (Lipinski definition) is 5. The largest absolute Gasteiger partial charge is 0.490 e. The molecule has 2 aromatic carbocycles. The monoisotopic (exact) mass is 381 g/mol. The first-order chi connectivity index (χ1) is 13.4. The topological polar surface area (TPSA) is 111 Å². The molecule has 0 aliphatic carbocycles. The Hall–Kier alpha value is -3.94. The first kappa shape index (κ1) is 20.4. The molecular weight excluding hydrogens is 362 g/mol. The van der Waals surface area contributed by atoms with Crippen molar-refractivity contribution in [2.75, 3.05) is 11.9 Å². The second-order valence-corrected chi connectivity index (χ2v) is 5.67. The summed E-state index contributed by atoms with van der Waals surface area (Å²) in [6, 6.07) is 12.4. The molecule has 28 heavy (non-hydrogen) atoms. The molecule has 2 rings (SSSR count). The van der Waals surface area contributed by atoms with Gasteiger partial charge in [0.25, 0.3) is 11.6 Å². The molecule has 0 radical (unpaired) electrons. The number of non-ortho nitro benzene ring substituents is 1. The molecule has 0 aliphatic heterocycles. The van der Waals surface area contributed by atoms with Crippen LogP contribution in [0, 0.1) is 10.1 Å². The lowest BCUT2D eigenvalue weighted by atomic mass is 10.1. The third kappa shape index (κ3) is 6.10. The highest BCUT2D eigenvalue weighted by molar-refractivity contribution is 6.08. The SMILES string of the molecule is C=CCOc1ccc(NC(=O)C(=Cc2cccc([N+](=O)[O-])c2)NC(C)=O)cc1. The fraction of sp³-hybridized carbons (Fsp3) is 0.100. The van der Waals surface area contributed by atoms with E-state index in [0.717, 1.165) is 0 Å². The maximum atomic E-state index is 12.6. The molecule has 0 aromatic heterocycles. The quantitative estimate of drug-likeness (QED) is 0.316. The van der Waals surface area contributed by atoms with Crippen molar-refractivity contribution >= 4 is 29.3 Å². The number of nitrogens with zero attached hydrogens (tertiary/aromatic N) is 1. The lowest BCUT2D eigenvalue weighted by Gasteiger charge is -2.10. The van der Waals surface area contributed by atoms with Gasteiger partial charge in [-0.3, -0.25) is 19.7 Å². The van der Waals surface area contributed by atoms with Crippen LogP contribution >= 0.6 is 0 Å². The van der Waals surface area contributed by atoms with Crippen molar-refractivity contribution in [2.45, 2.75) is 6.92 Å². The van der Waals surface area contributed by atoms with E-state index < -0.39 is 16.7 Å². The lowest BCUT2D eigenvalue weighted by molar-refractivity contribution is -0.384. The molecule has 0 bridgehead atoms. The minimum Gasteiger partial charge on any atom is -0.490 e. The van der Waals surface area contributed by atoms with Crippen LogP contribution in [0.5, 0.6) is 5.75 Å². The number of anilines is 1. The van der Waals surface area contributed by atoms with Gasteiger partial charge in [-0.05, 0) is 35.9 Å². The molecule has 8 heteroatoms. The molecule has 8 nitrogen and oxygen atoms in total. The maximum Gasteiger partial charge on any atom is 0.272 e. The smallest absolute Gasteiger partial charge is 0.272 e. The van der Waals surface area contributed by atoms with Crippen molar-refractivity contribution in [3.05, 3.63) is 82.6 Å². The van der Waals surface area contributed by atoms with Gasteiger partial charge in [0.05, 0.1) is 4.92 Å². The van der Waals surface area contributed by atoms with Crippen molar-refractivity contribution in [3.8, 4) is 5.75 Å². The molecule has 0 aliphatic rings. The van der Waals surface area contributed by atoms with E-state index in [0.29, 0.717) is 23.6 Å². The number of nitro benzene ring substituents is 1. The maximum absolute atomic E-state index is 12.6. The zero-order valence-electron chi connectivity index (χ0n) is 15.2. The summed E-state index contributed by atoms with van der Waals surface area (Å²) in [5.74, 6) is -0.395. The predicted octanol–water partition coefficient (Wildman–Crippen LogP) is 3.28. The number of carbonyl (C=O) groups is 2. The number of rotatable bonds is 8. The van der Waals surface area contributed by atoms with Crippen LogP contribution in [-0.4, -0.2) is 23.3 Å². The first-order valence-corrected chi connectivity index (χ1v) is 8.28. The Labute approximate surface area is 161 Å². The average Bonchev–Trinajstić information content (AvgIpc) is 2.66. The molecule has 144 valence electrons. The summed E-state index contributed by atoms with van der Waals surface area (Å²) in [6.07, 6.45) is 2.99. The predicted molar refractivity (Wildman–Crippen MR) is 106 cm³/mol. The van der Waals surface area contributed by atoms with E-state index in [1.54, 1.807) is 36.4 Å². The molecule has 0 unspecified atom stereocenters. The summed E-state index contributed by atoms with van der Waals surface area (Å²) in [5, 5.41) is 16.0. The molecule has 0 heterocycles. The van der Waals surface area contributed by atoms with Gasteiger partial charge in [-0.25, -0.2) is 0 Å². The lowest BCUT2D eigenvalue weighted by Crippen LogP contribution is -2.28. The van der Waals surface area contributed by atoms with Gasteiger partial charge in [0.15, 0.2) is 0 Å². The van der Waals surface area contributed by atoms with Crippen LogP contribution in [0.2, 0.25) is 0 Å². The molecular formula is C20H19N3O5. The highest BCUT2D eigenvalue weighted by atomic mass is 16.6. The highest BCUT2D eigenvalue weighted by Gasteiger charge is 2.13. The van der Waals surface area contributed by atoms with E-state index in [2.05, 4.69) is 17.2 Å². The fourth-order valence-electron chi connectivity index (χ4n) is 2.23. The number of benzene rings is 2. The van der Waals surface area contributed by atoms with Gasteiger partial charge in [-0.2, -0.15) is 0 Å². The Balaban J connectivity index is 2.21. The summed E-state index contributed by atoms with van der Waals surface area (Å²) in [7, 11) is 0. The van der Waals surface area contributed by atoms with Gasteiger partial charge in [0, 0.05) is 24.7 Å². The summed E-state index contributed by atoms with van der Waals surface area (Å²) in [5.41, 5.74) is 0.735. The van der Waals surface area contributed by atoms with Crippen molar-refractivity contribution in [1.29, 1.82) is 0 Å². The van der Waals surface area contributed by atoms with E-state index in [4.69, 9.17) is 4.74 Å². The van der Waals surface area contributed by atoms with Crippen LogP contribution in [0.3, 0.4) is 0 Å². The molecule has 0 saturated heterocycles. The fourth-order valence-corrected chi connectivity index (χ4v) is 2.23. The zero-order valence-corrected chi connectivity index (χ0v) is 15.2. The molecule has 2 N–H and O–H groups in total. The number of carbonyl (C=O) groups excluding carboxylic acids is 2. The minimum atomic E-state index is -0.568. The third-order valence-corrected chi connectivity index (χ3v) is 3.43. The Morgan fingerprint density at radius 1 is 1.21 bits per heavy atom. The molecule has 0 spiro atoms.